The third kappa shape index (κ3) is 6.88. The molecule has 4 rings (SSSR count). The molecule has 0 unspecified atom stereocenters. The number of piperazine rings is 1. The molecule has 3 aliphatic rings. The lowest BCUT2D eigenvalue weighted by Crippen LogP contribution is -2.51. The molecule has 0 spiro atoms. The highest BCUT2D eigenvalue weighted by Crippen LogP contribution is 2.35. The fourth-order valence-corrected chi connectivity index (χ4v) is 5.41. The van der Waals surface area contributed by atoms with E-state index in [0.29, 0.717) is 6.04 Å². The van der Waals surface area contributed by atoms with E-state index in [1.807, 2.05) is 0 Å². The minimum absolute atomic E-state index is 0. The summed E-state index contributed by atoms with van der Waals surface area (Å²) in [6.07, 6.45) is 10.9. The lowest BCUT2D eigenvalue weighted by Gasteiger charge is -2.41. The molecule has 0 radical (unpaired) electrons. The summed E-state index contributed by atoms with van der Waals surface area (Å²) in [5.41, 5.74) is 2.88. The van der Waals surface area contributed by atoms with Crippen molar-refractivity contribution in [2.24, 2.45) is 0 Å². The molecule has 1 heterocycles. The lowest BCUT2D eigenvalue weighted by molar-refractivity contribution is 0.0790. The Bertz CT molecular complexity index is 605. The van der Waals surface area contributed by atoms with Gasteiger partial charge in [-0.3, -0.25) is 9.80 Å². The van der Waals surface area contributed by atoms with Gasteiger partial charge in [0.1, 0.15) is 5.75 Å². The van der Waals surface area contributed by atoms with Gasteiger partial charge in [-0.2, -0.15) is 0 Å². The van der Waals surface area contributed by atoms with Gasteiger partial charge in [-0.25, -0.2) is 0 Å². The molecule has 30 heavy (non-hydrogen) atoms. The summed E-state index contributed by atoms with van der Waals surface area (Å²) in [7, 11) is 1.79. The van der Waals surface area contributed by atoms with Crippen LogP contribution >= 0.6 is 37.2 Å². The molecule has 0 bridgehead atoms. The first-order valence-electron chi connectivity index (χ1n) is 11.2. The maximum absolute atomic E-state index is 5.58. The largest absolute Gasteiger partial charge is 0.496 e. The van der Waals surface area contributed by atoms with E-state index in [9.17, 15) is 0 Å². The summed E-state index contributed by atoms with van der Waals surface area (Å²) >= 11 is 0. The number of halogens is 3. The number of benzene rings is 1. The zero-order valence-electron chi connectivity index (χ0n) is 18.3. The van der Waals surface area contributed by atoms with Crippen molar-refractivity contribution in [1.82, 2.24) is 15.1 Å². The van der Waals surface area contributed by atoms with Crippen molar-refractivity contribution in [2.75, 3.05) is 46.4 Å². The standard InChI is InChI=1S/C23H37N3O.3ClH/c1-27-23-12-6-9-20-21(23)10-5-11-22(20)24-13-14-25-15-17-26(18-16-25)19-7-3-2-4-8-19;;;/h6,9,12,19,22,24H,2-5,7-8,10-11,13-18H2,1H3;3*1H/t22-;;;/m0.../s1. The molecule has 174 valence electrons. The molecular formula is C23H40Cl3N3O. The van der Waals surface area contributed by atoms with Crippen LogP contribution in [0.15, 0.2) is 18.2 Å². The van der Waals surface area contributed by atoms with Crippen LogP contribution in [0.1, 0.15) is 62.1 Å². The van der Waals surface area contributed by atoms with Crippen molar-refractivity contribution in [2.45, 2.75) is 63.5 Å². The number of rotatable bonds is 6. The first kappa shape index (κ1) is 27.8. The van der Waals surface area contributed by atoms with Crippen LogP contribution in [0.3, 0.4) is 0 Å². The Hall–Kier alpha value is -0.230. The van der Waals surface area contributed by atoms with E-state index in [0.717, 1.165) is 24.8 Å². The van der Waals surface area contributed by atoms with Gasteiger partial charge in [0, 0.05) is 51.4 Å². The second kappa shape index (κ2) is 14.0. The minimum Gasteiger partial charge on any atom is -0.496 e. The van der Waals surface area contributed by atoms with Gasteiger partial charge in [0.05, 0.1) is 7.11 Å². The molecular weight excluding hydrogens is 441 g/mol. The number of methoxy groups -OCH3 is 1. The quantitative estimate of drug-likeness (QED) is 0.628. The van der Waals surface area contributed by atoms with Gasteiger partial charge in [0.25, 0.3) is 0 Å². The molecule has 2 fully saturated rings. The molecule has 7 heteroatoms. The first-order valence-corrected chi connectivity index (χ1v) is 11.2. The SMILES string of the molecule is COc1cccc2c1CCC[C@@H]2NCCN1CCN(C2CCCCC2)CC1.Cl.Cl.Cl. The highest BCUT2D eigenvalue weighted by molar-refractivity contribution is 5.86. The van der Waals surface area contributed by atoms with Crippen molar-refractivity contribution in [3.8, 4) is 5.75 Å². The fourth-order valence-electron chi connectivity index (χ4n) is 5.41. The van der Waals surface area contributed by atoms with E-state index < -0.39 is 0 Å². The van der Waals surface area contributed by atoms with Gasteiger partial charge in [-0.05, 0) is 49.3 Å². The van der Waals surface area contributed by atoms with Crippen LogP contribution < -0.4 is 10.1 Å². The van der Waals surface area contributed by atoms with Crippen LogP contribution in [0.5, 0.6) is 5.75 Å². The zero-order chi connectivity index (χ0) is 18.5. The van der Waals surface area contributed by atoms with E-state index >= 15 is 0 Å². The molecule has 1 aromatic rings. The normalized spacial score (nSPS) is 22.8. The summed E-state index contributed by atoms with van der Waals surface area (Å²) < 4.78 is 5.58. The number of nitrogens with one attached hydrogen (secondary N) is 1. The van der Waals surface area contributed by atoms with Crippen molar-refractivity contribution in [3.63, 3.8) is 0 Å². The highest BCUT2D eigenvalue weighted by atomic mass is 35.5. The maximum Gasteiger partial charge on any atom is 0.122 e. The monoisotopic (exact) mass is 479 g/mol. The second-order valence-corrected chi connectivity index (χ2v) is 8.60. The Morgan fingerprint density at radius 1 is 0.933 bits per heavy atom. The van der Waals surface area contributed by atoms with Gasteiger partial charge >= 0.3 is 0 Å². The van der Waals surface area contributed by atoms with Crippen molar-refractivity contribution < 1.29 is 4.74 Å². The Morgan fingerprint density at radius 3 is 2.37 bits per heavy atom. The summed E-state index contributed by atoms with van der Waals surface area (Å²) in [4.78, 5) is 5.42. The Morgan fingerprint density at radius 2 is 1.67 bits per heavy atom. The van der Waals surface area contributed by atoms with Crippen LogP contribution in [-0.4, -0.2) is 62.2 Å². The van der Waals surface area contributed by atoms with Gasteiger partial charge in [0.15, 0.2) is 0 Å². The molecule has 0 amide bonds. The molecule has 1 N–H and O–H groups in total. The smallest absolute Gasteiger partial charge is 0.122 e. The third-order valence-corrected chi connectivity index (χ3v) is 7.00. The lowest BCUT2D eigenvalue weighted by atomic mass is 9.87. The number of fused-ring (bicyclic) bond motifs is 1. The molecule has 1 aliphatic heterocycles. The van der Waals surface area contributed by atoms with Crippen LogP contribution in [0.25, 0.3) is 0 Å². The average molecular weight is 481 g/mol. The predicted octanol–water partition coefficient (Wildman–Crippen LogP) is 4.88. The van der Waals surface area contributed by atoms with Crippen LogP contribution in [0.2, 0.25) is 0 Å². The molecule has 2 aliphatic carbocycles. The van der Waals surface area contributed by atoms with Gasteiger partial charge < -0.3 is 10.1 Å². The first-order chi connectivity index (χ1) is 13.3. The third-order valence-electron chi connectivity index (χ3n) is 7.00. The number of hydrogen-bond acceptors (Lipinski definition) is 4. The second-order valence-electron chi connectivity index (χ2n) is 8.60. The number of nitrogens with zero attached hydrogens (tertiary/aromatic N) is 2. The molecule has 1 saturated carbocycles. The van der Waals surface area contributed by atoms with Gasteiger partial charge in [0.2, 0.25) is 0 Å². The van der Waals surface area contributed by atoms with E-state index in [1.165, 1.54) is 88.8 Å². The average Bonchev–Trinajstić information content (AvgIpc) is 2.74. The van der Waals surface area contributed by atoms with Gasteiger partial charge in [-0.1, -0.05) is 31.4 Å². The predicted molar refractivity (Wildman–Crippen MR) is 133 cm³/mol. The molecule has 0 aromatic heterocycles. The van der Waals surface area contributed by atoms with Crippen LogP contribution in [-0.2, 0) is 6.42 Å². The van der Waals surface area contributed by atoms with E-state index in [1.54, 1.807) is 7.11 Å². The number of ether oxygens (including phenoxy) is 1. The Kier molecular flexibility index (Phi) is 13.0. The van der Waals surface area contributed by atoms with Gasteiger partial charge in [-0.15, -0.1) is 37.2 Å². The Balaban J connectivity index is 0.00000150. The van der Waals surface area contributed by atoms with E-state index in [4.69, 9.17) is 4.74 Å². The highest BCUT2D eigenvalue weighted by Gasteiger charge is 2.26. The molecule has 1 saturated heterocycles. The van der Waals surface area contributed by atoms with E-state index in [2.05, 4.69) is 33.3 Å². The maximum atomic E-state index is 5.58. The summed E-state index contributed by atoms with van der Waals surface area (Å²) in [5, 5.41) is 3.84. The minimum atomic E-state index is 0. The van der Waals surface area contributed by atoms with Crippen molar-refractivity contribution in [3.05, 3.63) is 29.3 Å². The van der Waals surface area contributed by atoms with Crippen molar-refractivity contribution in [1.29, 1.82) is 0 Å². The summed E-state index contributed by atoms with van der Waals surface area (Å²) in [6, 6.07) is 7.91. The van der Waals surface area contributed by atoms with Crippen molar-refractivity contribution >= 4 is 37.2 Å². The Labute approximate surface area is 201 Å². The fraction of sp³-hybridized carbons (Fsp3) is 0.739. The van der Waals surface area contributed by atoms with Crippen LogP contribution in [0, 0.1) is 0 Å². The zero-order valence-corrected chi connectivity index (χ0v) is 20.8. The molecule has 1 atom stereocenters. The molecule has 4 nitrogen and oxygen atoms in total. The van der Waals surface area contributed by atoms with Crippen LogP contribution in [0.4, 0.5) is 0 Å². The van der Waals surface area contributed by atoms with E-state index in [-0.39, 0.29) is 37.2 Å². The topological polar surface area (TPSA) is 27.7 Å². The number of hydrogen-bond donors (Lipinski definition) is 1. The molecule has 1 aromatic carbocycles. The summed E-state index contributed by atoms with van der Waals surface area (Å²) in [6.45, 7) is 7.29. The summed E-state index contributed by atoms with van der Waals surface area (Å²) in [5.74, 6) is 1.07.